The van der Waals surface area contributed by atoms with Crippen molar-refractivity contribution >= 4 is 23.2 Å². The molecule has 28 heavy (non-hydrogen) atoms. The van der Waals surface area contributed by atoms with Gasteiger partial charge in [0.25, 0.3) is 5.91 Å². The predicted molar refractivity (Wildman–Crippen MR) is 110 cm³/mol. The van der Waals surface area contributed by atoms with E-state index in [0.717, 1.165) is 28.1 Å². The van der Waals surface area contributed by atoms with Gasteiger partial charge in [0, 0.05) is 17.5 Å². The fraction of sp³-hybridized carbons (Fsp3) is 0.227. The molecule has 0 aliphatic heterocycles. The molecule has 0 bridgehead atoms. The standard InChI is InChI=1S/C22H22N2O3S/c1-15-8-10-18(11-9-15)21-24-19(14-28-21)22(26)27-16(2)20(25)23-13-12-17-6-4-3-5-7-17/h3-11,14,16H,12-13H2,1-2H3,(H,23,25). The van der Waals surface area contributed by atoms with E-state index in [1.54, 1.807) is 12.3 Å². The summed E-state index contributed by atoms with van der Waals surface area (Å²) < 4.78 is 5.26. The summed E-state index contributed by atoms with van der Waals surface area (Å²) >= 11 is 1.37. The van der Waals surface area contributed by atoms with Gasteiger partial charge in [0.15, 0.2) is 11.8 Å². The van der Waals surface area contributed by atoms with Crippen LogP contribution in [0.3, 0.4) is 0 Å². The van der Waals surface area contributed by atoms with E-state index in [2.05, 4.69) is 10.3 Å². The summed E-state index contributed by atoms with van der Waals surface area (Å²) in [6.45, 7) is 4.06. The first-order valence-electron chi connectivity index (χ1n) is 9.08. The Balaban J connectivity index is 1.51. The summed E-state index contributed by atoms with van der Waals surface area (Å²) in [6, 6.07) is 17.8. The third-order valence-corrected chi connectivity index (χ3v) is 5.11. The number of hydrogen-bond donors (Lipinski definition) is 1. The van der Waals surface area contributed by atoms with Crippen LogP contribution in [0.2, 0.25) is 0 Å². The van der Waals surface area contributed by atoms with Crippen molar-refractivity contribution in [2.24, 2.45) is 0 Å². The molecule has 0 fully saturated rings. The van der Waals surface area contributed by atoms with Crippen LogP contribution in [0.25, 0.3) is 10.6 Å². The molecule has 0 spiro atoms. The molecule has 3 aromatic rings. The molecule has 1 heterocycles. The maximum absolute atomic E-state index is 12.3. The number of nitrogens with zero attached hydrogens (tertiary/aromatic N) is 1. The number of ether oxygens (including phenoxy) is 1. The Kier molecular flexibility index (Phi) is 6.55. The van der Waals surface area contributed by atoms with E-state index in [4.69, 9.17) is 4.74 Å². The molecule has 0 radical (unpaired) electrons. The molecule has 0 saturated carbocycles. The van der Waals surface area contributed by atoms with Crippen molar-refractivity contribution < 1.29 is 14.3 Å². The lowest BCUT2D eigenvalue weighted by Gasteiger charge is -2.12. The van der Waals surface area contributed by atoms with E-state index in [-0.39, 0.29) is 11.6 Å². The van der Waals surface area contributed by atoms with E-state index >= 15 is 0 Å². The second-order valence-corrected chi connectivity index (χ2v) is 7.34. The highest BCUT2D eigenvalue weighted by molar-refractivity contribution is 7.13. The molecule has 1 unspecified atom stereocenters. The van der Waals surface area contributed by atoms with E-state index in [1.165, 1.54) is 11.3 Å². The second kappa shape index (κ2) is 9.28. The summed E-state index contributed by atoms with van der Waals surface area (Å²) in [5.41, 5.74) is 3.46. The lowest BCUT2D eigenvalue weighted by Crippen LogP contribution is -2.36. The number of aryl methyl sites for hydroxylation is 1. The largest absolute Gasteiger partial charge is 0.448 e. The number of hydrogen-bond acceptors (Lipinski definition) is 5. The molecule has 5 nitrogen and oxygen atoms in total. The van der Waals surface area contributed by atoms with Crippen LogP contribution in [0.15, 0.2) is 60.0 Å². The van der Waals surface area contributed by atoms with Crippen molar-refractivity contribution in [2.75, 3.05) is 6.54 Å². The van der Waals surface area contributed by atoms with Gasteiger partial charge in [-0.05, 0) is 25.8 Å². The number of benzene rings is 2. The molecule has 0 aliphatic rings. The van der Waals surface area contributed by atoms with Crippen molar-refractivity contribution in [2.45, 2.75) is 26.4 Å². The zero-order valence-electron chi connectivity index (χ0n) is 15.8. The minimum atomic E-state index is -0.882. The highest BCUT2D eigenvalue weighted by atomic mass is 32.1. The van der Waals surface area contributed by atoms with Gasteiger partial charge in [0.2, 0.25) is 0 Å². The van der Waals surface area contributed by atoms with Gasteiger partial charge in [-0.25, -0.2) is 9.78 Å². The van der Waals surface area contributed by atoms with E-state index in [0.29, 0.717) is 6.54 Å². The molecule has 2 aromatic carbocycles. The normalized spacial score (nSPS) is 11.6. The van der Waals surface area contributed by atoms with Gasteiger partial charge in [-0.1, -0.05) is 60.2 Å². The first-order chi connectivity index (χ1) is 13.5. The van der Waals surface area contributed by atoms with Gasteiger partial charge in [0.1, 0.15) is 5.01 Å². The molecule has 1 N–H and O–H groups in total. The summed E-state index contributed by atoms with van der Waals surface area (Å²) in [4.78, 5) is 28.8. The number of carbonyl (C=O) groups is 2. The Labute approximate surface area is 168 Å². The van der Waals surface area contributed by atoms with E-state index in [9.17, 15) is 9.59 Å². The van der Waals surface area contributed by atoms with Crippen LogP contribution in [0, 0.1) is 6.92 Å². The third kappa shape index (κ3) is 5.27. The quantitative estimate of drug-likeness (QED) is 0.615. The van der Waals surface area contributed by atoms with Gasteiger partial charge >= 0.3 is 5.97 Å². The van der Waals surface area contributed by atoms with Crippen LogP contribution in [0.4, 0.5) is 0 Å². The molecular formula is C22H22N2O3S. The molecule has 0 aliphatic carbocycles. The Morgan fingerprint density at radius 3 is 2.54 bits per heavy atom. The summed E-state index contributed by atoms with van der Waals surface area (Å²) in [7, 11) is 0. The SMILES string of the molecule is Cc1ccc(-c2nc(C(=O)OC(C)C(=O)NCCc3ccccc3)cs2)cc1. The third-order valence-electron chi connectivity index (χ3n) is 4.22. The zero-order valence-corrected chi connectivity index (χ0v) is 16.7. The summed E-state index contributed by atoms with van der Waals surface area (Å²) in [5, 5.41) is 5.18. The average Bonchev–Trinajstić information content (AvgIpc) is 3.19. The molecule has 0 saturated heterocycles. The number of amides is 1. The second-order valence-electron chi connectivity index (χ2n) is 6.48. The van der Waals surface area contributed by atoms with Crippen molar-refractivity contribution in [3.05, 3.63) is 76.8 Å². The first kappa shape index (κ1) is 19.8. The van der Waals surface area contributed by atoms with Crippen molar-refractivity contribution in [1.82, 2.24) is 10.3 Å². The molecular weight excluding hydrogens is 372 g/mol. The van der Waals surface area contributed by atoms with Crippen LogP contribution in [0.1, 0.15) is 28.5 Å². The topological polar surface area (TPSA) is 68.3 Å². The van der Waals surface area contributed by atoms with E-state index < -0.39 is 12.1 Å². The fourth-order valence-corrected chi connectivity index (χ4v) is 3.38. The highest BCUT2D eigenvalue weighted by Crippen LogP contribution is 2.24. The Morgan fingerprint density at radius 1 is 1.11 bits per heavy atom. The molecule has 6 heteroatoms. The number of aromatic nitrogens is 1. The van der Waals surface area contributed by atoms with Gasteiger partial charge in [-0.3, -0.25) is 4.79 Å². The molecule has 1 aromatic heterocycles. The van der Waals surface area contributed by atoms with Crippen molar-refractivity contribution in [3.8, 4) is 10.6 Å². The monoisotopic (exact) mass is 394 g/mol. The number of carbonyl (C=O) groups excluding carboxylic acids is 2. The lowest BCUT2D eigenvalue weighted by atomic mass is 10.1. The first-order valence-corrected chi connectivity index (χ1v) is 9.96. The Bertz CT molecular complexity index is 936. The fourth-order valence-electron chi connectivity index (χ4n) is 2.59. The smallest absolute Gasteiger partial charge is 0.358 e. The molecule has 1 atom stereocenters. The number of rotatable bonds is 7. The van der Waals surface area contributed by atoms with Gasteiger partial charge in [0.05, 0.1) is 0 Å². The van der Waals surface area contributed by atoms with Crippen LogP contribution in [0.5, 0.6) is 0 Å². The van der Waals surface area contributed by atoms with Crippen LogP contribution < -0.4 is 5.32 Å². The molecule has 3 rings (SSSR count). The minimum absolute atomic E-state index is 0.213. The summed E-state index contributed by atoms with van der Waals surface area (Å²) in [6.07, 6.45) is -0.160. The van der Waals surface area contributed by atoms with Gasteiger partial charge < -0.3 is 10.1 Å². The number of thiazole rings is 1. The average molecular weight is 394 g/mol. The summed E-state index contributed by atoms with van der Waals surface area (Å²) in [5.74, 6) is -0.918. The Hall–Kier alpha value is -2.99. The molecule has 144 valence electrons. The zero-order chi connectivity index (χ0) is 19.9. The maximum atomic E-state index is 12.3. The van der Waals surface area contributed by atoms with Crippen LogP contribution in [-0.4, -0.2) is 29.5 Å². The number of esters is 1. The minimum Gasteiger partial charge on any atom is -0.448 e. The highest BCUT2D eigenvalue weighted by Gasteiger charge is 2.20. The number of nitrogens with one attached hydrogen (secondary N) is 1. The van der Waals surface area contributed by atoms with Crippen molar-refractivity contribution in [3.63, 3.8) is 0 Å². The predicted octanol–water partition coefficient (Wildman–Crippen LogP) is 4.02. The van der Waals surface area contributed by atoms with E-state index in [1.807, 2.05) is 61.5 Å². The lowest BCUT2D eigenvalue weighted by molar-refractivity contribution is -0.129. The van der Waals surface area contributed by atoms with Crippen LogP contribution in [-0.2, 0) is 16.0 Å². The Morgan fingerprint density at radius 2 is 1.82 bits per heavy atom. The van der Waals surface area contributed by atoms with Crippen molar-refractivity contribution in [1.29, 1.82) is 0 Å². The van der Waals surface area contributed by atoms with Gasteiger partial charge in [-0.15, -0.1) is 11.3 Å². The van der Waals surface area contributed by atoms with Crippen LogP contribution >= 0.6 is 11.3 Å². The van der Waals surface area contributed by atoms with Gasteiger partial charge in [-0.2, -0.15) is 0 Å². The molecule has 1 amide bonds. The maximum Gasteiger partial charge on any atom is 0.358 e.